The van der Waals surface area contributed by atoms with Crippen molar-refractivity contribution in [3.8, 4) is 0 Å². The molecule has 0 aromatic heterocycles. The topological polar surface area (TPSA) is 38.8 Å². The van der Waals surface area contributed by atoms with Crippen molar-refractivity contribution < 1.29 is 23.0 Å². The molecule has 112 valence electrons. The van der Waals surface area contributed by atoms with Gasteiger partial charge < -0.3 is 14.4 Å². The molecule has 1 aromatic carbocycles. The maximum Gasteiger partial charge on any atom is 0.257 e. The maximum atomic E-state index is 13.6. The third-order valence-corrected chi connectivity index (χ3v) is 2.81. The number of carbonyl (C=O) groups is 1. The Morgan fingerprint density at radius 1 is 1.15 bits per heavy atom. The minimum Gasteiger partial charge on any atom is -0.385 e. The summed E-state index contributed by atoms with van der Waals surface area (Å²) >= 11 is 0. The van der Waals surface area contributed by atoms with Gasteiger partial charge in [-0.2, -0.15) is 0 Å². The van der Waals surface area contributed by atoms with E-state index in [0.717, 1.165) is 6.07 Å². The Hall–Kier alpha value is -1.53. The Labute approximate surface area is 117 Å². The number of rotatable bonds is 8. The van der Waals surface area contributed by atoms with Crippen LogP contribution in [0.25, 0.3) is 0 Å². The molecule has 0 unspecified atom stereocenters. The standard InChI is InChI=1S/C14H19F2NO3/c1-19-9-4-7-17(8-10-20-2)14(18)11-5-3-6-12(15)13(11)16/h3,5-6H,4,7-10H2,1-2H3. The first-order chi connectivity index (χ1) is 9.61. The molecule has 0 fully saturated rings. The van der Waals surface area contributed by atoms with Crippen molar-refractivity contribution in [2.45, 2.75) is 6.42 Å². The lowest BCUT2D eigenvalue weighted by Gasteiger charge is -2.22. The highest BCUT2D eigenvalue weighted by Gasteiger charge is 2.20. The lowest BCUT2D eigenvalue weighted by molar-refractivity contribution is 0.0668. The summed E-state index contributed by atoms with van der Waals surface area (Å²) in [7, 11) is 3.08. The number of carbonyl (C=O) groups excluding carboxylic acids is 1. The Morgan fingerprint density at radius 2 is 1.85 bits per heavy atom. The zero-order valence-corrected chi connectivity index (χ0v) is 11.7. The van der Waals surface area contributed by atoms with Gasteiger partial charge in [-0.3, -0.25) is 4.79 Å². The zero-order valence-electron chi connectivity index (χ0n) is 11.7. The molecule has 0 aliphatic rings. The summed E-state index contributed by atoms with van der Waals surface area (Å²) in [5.41, 5.74) is -0.265. The fourth-order valence-corrected chi connectivity index (χ4v) is 1.76. The van der Waals surface area contributed by atoms with Gasteiger partial charge in [-0.1, -0.05) is 6.07 Å². The van der Waals surface area contributed by atoms with Crippen molar-refractivity contribution in [1.82, 2.24) is 4.90 Å². The lowest BCUT2D eigenvalue weighted by Crippen LogP contribution is -2.35. The average molecular weight is 287 g/mol. The van der Waals surface area contributed by atoms with E-state index in [4.69, 9.17) is 9.47 Å². The molecule has 0 aliphatic carbocycles. The van der Waals surface area contributed by atoms with Gasteiger partial charge in [0.2, 0.25) is 0 Å². The zero-order chi connectivity index (χ0) is 15.0. The van der Waals surface area contributed by atoms with Gasteiger partial charge in [0.1, 0.15) is 0 Å². The van der Waals surface area contributed by atoms with Crippen molar-refractivity contribution in [2.24, 2.45) is 0 Å². The van der Waals surface area contributed by atoms with E-state index >= 15 is 0 Å². The smallest absolute Gasteiger partial charge is 0.257 e. The van der Waals surface area contributed by atoms with Crippen LogP contribution >= 0.6 is 0 Å². The minimum absolute atomic E-state index is 0.265. The molecule has 0 saturated heterocycles. The van der Waals surface area contributed by atoms with Crippen LogP contribution in [0.1, 0.15) is 16.8 Å². The molecule has 6 heteroatoms. The van der Waals surface area contributed by atoms with E-state index in [1.807, 2.05) is 0 Å². The number of ether oxygens (including phenoxy) is 2. The van der Waals surface area contributed by atoms with E-state index in [9.17, 15) is 13.6 Å². The quantitative estimate of drug-likeness (QED) is 0.687. The Kier molecular flexibility index (Phi) is 7.11. The molecule has 1 amide bonds. The van der Waals surface area contributed by atoms with E-state index < -0.39 is 17.5 Å². The predicted octanol–water partition coefficient (Wildman–Crippen LogP) is 2.09. The van der Waals surface area contributed by atoms with Crippen LogP contribution in [0, 0.1) is 11.6 Å². The first-order valence-electron chi connectivity index (χ1n) is 6.33. The second-order valence-electron chi connectivity index (χ2n) is 4.23. The summed E-state index contributed by atoms with van der Waals surface area (Å²) in [6.45, 7) is 1.53. The second kappa shape index (κ2) is 8.60. The molecule has 1 aromatic rings. The molecule has 0 heterocycles. The van der Waals surface area contributed by atoms with Gasteiger partial charge >= 0.3 is 0 Å². The van der Waals surface area contributed by atoms with Crippen LogP contribution in [-0.4, -0.2) is 51.3 Å². The number of hydrogen-bond donors (Lipinski definition) is 0. The van der Waals surface area contributed by atoms with Crippen LogP contribution in [-0.2, 0) is 9.47 Å². The molecule has 0 spiro atoms. The van der Waals surface area contributed by atoms with Crippen LogP contribution < -0.4 is 0 Å². The van der Waals surface area contributed by atoms with E-state index in [1.54, 1.807) is 7.11 Å². The van der Waals surface area contributed by atoms with Crippen molar-refractivity contribution in [2.75, 3.05) is 40.5 Å². The van der Waals surface area contributed by atoms with Gasteiger partial charge in [0.15, 0.2) is 11.6 Å². The first kappa shape index (κ1) is 16.5. The maximum absolute atomic E-state index is 13.6. The van der Waals surface area contributed by atoms with Gasteiger partial charge in [-0.25, -0.2) is 8.78 Å². The van der Waals surface area contributed by atoms with Crippen molar-refractivity contribution in [3.05, 3.63) is 35.4 Å². The number of halogens is 2. The van der Waals surface area contributed by atoms with E-state index in [0.29, 0.717) is 32.7 Å². The molecule has 0 aliphatic heterocycles. The van der Waals surface area contributed by atoms with Crippen molar-refractivity contribution >= 4 is 5.91 Å². The number of nitrogens with zero attached hydrogens (tertiary/aromatic N) is 1. The van der Waals surface area contributed by atoms with Gasteiger partial charge in [0.25, 0.3) is 5.91 Å². The first-order valence-corrected chi connectivity index (χ1v) is 6.33. The highest BCUT2D eigenvalue weighted by Crippen LogP contribution is 2.14. The number of hydrogen-bond acceptors (Lipinski definition) is 3. The van der Waals surface area contributed by atoms with Gasteiger partial charge in [-0.15, -0.1) is 0 Å². The Bertz CT molecular complexity index is 440. The van der Waals surface area contributed by atoms with Crippen LogP contribution in [0.2, 0.25) is 0 Å². The second-order valence-corrected chi connectivity index (χ2v) is 4.23. The largest absolute Gasteiger partial charge is 0.385 e. The lowest BCUT2D eigenvalue weighted by atomic mass is 10.1. The van der Waals surface area contributed by atoms with Crippen LogP contribution in [0.5, 0.6) is 0 Å². The molecule has 0 N–H and O–H groups in total. The fourth-order valence-electron chi connectivity index (χ4n) is 1.76. The summed E-state index contributed by atoms with van der Waals surface area (Å²) in [6, 6.07) is 3.57. The Morgan fingerprint density at radius 3 is 2.50 bits per heavy atom. The van der Waals surface area contributed by atoms with Gasteiger partial charge in [0, 0.05) is 33.9 Å². The number of benzene rings is 1. The normalized spacial score (nSPS) is 10.6. The molecule has 0 saturated carbocycles. The molecule has 0 radical (unpaired) electrons. The SMILES string of the molecule is COCCCN(CCOC)C(=O)c1cccc(F)c1F. The summed E-state index contributed by atoms with van der Waals surface area (Å²) in [4.78, 5) is 13.7. The monoisotopic (exact) mass is 287 g/mol. The van der Waals surface area contributed by atoms with Crippen LogP contribution in [0.15, 0.2) is 18.2 Å². The summed E-state index contributed by atoms with van der Waals surface area (Å²) in [5, 5.41) is 0. The molecular weight excluding hydrogens is 268 g/mol. The summed E-state index contributed by atoms with van der Waals surface area (Å²) in [6.07, 6.45) is 0.614. The average Bonchev–Trinajstić information content (AvgIpc) is 2.45. The summed E-state index contributed by atoms with van der Waals surface area (Å²) < 4.78 is 36.7. The third kappa shape index (κ3) is 4.54. The molecule has 0 atom stereocenters. The molecule has 1 rings (SSSR count). The minimum atomic E-state index is -1.12. The van der Waals surface area contributed by atoms with E-state index in [-0.39, 0.29) is 5.56 Å². The van der Waals surface area contributed by atoms with Crippen molar-refractivity contribution in [1.29, 1.82) is 0 Å². The number of methoxy groups -OCH3 is 2. The van der Waals surface area contributed by atoms with Gasteiger partial charge in [0.05, 0.1) is 12.2 Å². The van der Waals surface area contributed by atoms with E-state index in [2.05, 4.69) is 0 Å². The molecule has 20 heavy (non-hydrogen) atoms. The molecule has 0 bridgehead atoms. The van der Waals surface area contributed by atoms with Crippen LogP contribution in [0.4, 0.5) is 8.78 Å². The number of amides is 1. The summed E-state index contributed by atoms with van der Waals surface area (Å²) in [5.74, 6) is -2.69. The Balaban J connectivity index is 2.82. The molecule has 4 nitrogen and oxygen atoms in total. The molecular formula is C14H19F2NO3. The fraction of sp³-hybridized carbons (Fsp3) is 0.500. The van der Waals surface area contributed by atoms with Crippen LogP contribution in [0.3, 0.4) is 0 Å². The predicted molar refractivity (Wildman–Crippen MR) is 70.6 cm³/mol. The van der Waals surface area contributed by atoms with E-state index in [1.165, 1.54) is 24.1 Å². The highest BCUT2D eigenvalue weighted by molar-refractivity contribution is 5.94. The highest BCUT2D eigenvalue weighted by atomic mass is 19.2. The third-order valence-electron chi connectivity index (χ3n) is 2.81. The van der Waals surface area contributed by atoms with Crippen molar-refractivity contribution in [3.63, 3.8) is 0 Å². The van der Waals surface area contributed by atoms with Gasteiger partial charge in [-0.05, 0) is 18.6 Å².